The minimum Gasteiger partial charge on any atom is -0.459 e. The fourth-order valence-corrected chi connectivity index (χ4v) is 5.35. The molecule has 278 valence electrons. The van der Waals surface area contributed by atoms with Crippen molar-refractivity contribution in [2.24, 2.45) is 0 Å². The predicted molar refractivity (Wildman–Crippen MR) is 190 cm³/mol. The molecule has 4 aromatic carbocycles. The average molecular weight is 727 g/mol. The van der Waals surface area contributed by atoms with Crippen molar-refractivity contribution in [3.8, 4) is 0 Å². The van der Waals surface area contributed by atoms with E-state index in [0.717, 1.165) is 6.42 Å². The molecule has 0 bridgehead atoms. The van der Waals surface area contributed by atoms with Crippen molar-refractivity contribution in [1.29, 1.82) is 0 Å². The lowest BCUT2D eigenvalue weighted by Crippen LogP contribution is -2.63. The van der Waals surface area contributed by atoms with Crippen LogP contribution >= 0.6 is 0 Å². The number of carbonyl (C=O) groups is 4. The molecular formula is C41H42O12. The molecule has 1 aliphatic rings. The van der Waals surface area contributed by atoms with Crippen LogP contribution < -0.4 is 0 Å². The molecular weight excluding hydrogens is 684 g/mol. The minimum absolute atomic E-state index is 0.0395. The van der Waals surface area contributed by atoms with Gasteiger partial charge in [0.15, 0.2) is 24.6 Å². The number of rotatable bonds is 18. The van der Waals surface area contributed by atoms with Gasteiger partial charge in [-0.2, -0.15) is 0 Å². The third kappa shape index (κ3) is 11.5. The van der Waals surface area contributed by atoms with Gasteiger partial charge in [0.25, 0.3) is 0 Å². The monoisotopic (exact) mass is 726 g/mol. The van der Waals surface area contributed by atoms with Crippen LogP contribution in [0.4, 0.5) is 0 Å². The van der Waals surface area contributed by atoms with Gasteiger partial charge in [0.2, 0.25) is 0 Å². The second-order valence-corrected chi connectivity index (χ2v) is 11.8. The lowest BCUT2D eigenvalue weighted by atomic mass is 9.97. The molecule has 1 aliphatic heterocycles. The van der Waals surface area contributed by atoms with Crippen LogP contribution in [0.25, 0.3) is 0 Å². The van der Waals surface area contributed by atoms with Gasteiger partial charge < -0.3 is 37.9 Å². The summed E-state index contributed by atoms with van der Waals surface area (Å²) in [6.45, 7) is 2.95. The van der Waals surface area contributed by atoms with Crippen LogP contribution in [0.15, 0.2) is 121 Å². The fourth-order valence-electron chi connectivity index (χ4n) is 5.35. The van der Waals surface area contributed by atoms with Gasteiger partial charge in [0.1, 0.15) is 12.7 Å². The van der Waals surface area contributed by atoms with E-state index in [-0.39, 0.29) is 35.5 Å². The number of carbonyl (C=O) groups excluding carboxylic acids is 4. The maximum Gasteiger partial charge on any atom is 0.338 e. The van der Waals surface area contributed by atoms with Crippen LogP contribution in [0, 0.1) is 0 Å². The van der Waals surface area contributed by atoms with Crippen molar-refractivity contribution < 1.29 is 57.1 Å². The Hall–Kier alpha value is -5.40. The fraction of sp³-hybridized carbons (Fsp3) is 0.317. The van der Waals surface area contributed by atoms with Crippen molar-refractivity contribution in [3.05, 3.63) is 144 Å². The molecule has 0 saturated carbocycles. The van der Waals surface area contributed by atoms with Crippen molar-refractivity contribution in [2.45, 2.75) is 44.1 Å². The topological polar surface area (TPSA) is 142 Å². The number of ether oxygens (including phenoxy) is 8. The molecule has 0 radical (unpaired) electrons. The average Bonchev–Trinajstić information content (AvgIpc) is 3.21. The van der Waals surface area contributed by atoms with Gasteiger partial charge in [-0.1, -0.05) is 79.7 Å². The summed E-state index contributed by atoms with van der Waals surface area (Å²) >= 11 is 0. The van der Waals surface area contributed by atoms with E-state index >= 15 is 0 Å². The highest BCUT2D eigenvalue weighted by molar-refractivity contribution is 5.91. The second kappa shape index (κ2) is 20.6. The van der Waals surface area contributed by atoms with Crippen LogP contribution in [-0.2, 0) is 37.9 Å². The lowest BCUT2D eigenvalue weighted by Gasteiger charge is -2.44. The normalized spacial score (nSPS) is 19.5. The van der Waals surface area contributed by atoms with E-state index in [1.807, 2.05) is 6.92 Å². The lowest BCUT2D eigenvalue weighted by molar-refractivity contribution is -0.300. The molecule has 1 fully saturated rings. The first-order valence-electron chi connectivity index (χ1n) is 17.4. The van der Waals surface area contributed by atoms with E-state index < -0.39 is 61.2 Å². The quantitative estimate of drug-likeness (QED) is 0.0705. The highest BCUT2D eigenvalue weighted by Gasteiger charge is 2.53. The van der Waals surface area contributed by atoms with Crippen molar-refractivity contribution >= 4 is 23.9 Å². The number of hydrogen-bond acceptors (Lipinski definition) is 12. The number of hydrogen-bond donors (Lipinski definition) is 0. The first-order valence-corrected chi connectivity index (χ1v) is 17.4. The molecule has 1 heterocycles. The molecule has 4 aromatic rings. The van der Waals surface area contributed by atoms with Crippen molar-refractivity contribution in [1.82, 2.24) is 0 Å². The van der Waals surface area contributed by atoms with Gasteiger partial charge >= 0.3 is 23.9 Å². The van der Waals surface area contributed by atoms with Gasteiger partial charge in [-0.05, 0) is 55.0 Å². The Bertz CT molecular complexity index is 1720. The first-order chi connectivity index (χ1) is 25.9. The summed E-state index contributed by atoms with van der Waals surface area (Å²) in [6, 6.07) is 32.8. The Morgan fingerprint density at radius 2 is 0.887 bits per heavy atom. The molecule has 12 nitrogen and oxygen atoms in total. The van der Waals surface area contributed by atoms with Crippen LogP contribution in [0.2, 0.25) is 0 Å². The Morgan fingerprint density at radius 3 is 1.36 bits per heavy atom. The molecule has 1 saturated heterocycles. The Balaban J connectivity index is 1.48. The van der Waals surface area contributed by atoms with Crippen LogP contribution in [-0.4, -0.2) is 94.2 Å². The maximum atomic E-state index is 13.7. The molecule has 0 N–H and O–H groups in total. The predicted octanol–water partition coefficient (Wildman–Crippen LogP) is 5.70. The molecule has 5 atom stereocenters. The molecule has 53 heavy (non-hydrogen) atoms. The maximum absolute atomic E-state index is 13.7. The van der Waals surface area contributed by atoms with E-state index in [0.29, 0.717) is 19.8 Å². The van der Waals surface area contributed by atoms with E-state index in [1.165, 1.54) is 0 Å². The second-order valence-electron chi connectivity index (χ2n) is 11.8. The summed E-state index contributed by atoms with van der Waals surface area (Å²) in [7, 11) is 0. The molecule has 5 rings (SSSR count). The van der Waals surface area contributed by atoms with Gasteiger partial charge in [-0.3, -0.25) is 0 Å². The smallest absolute Gasteiger partial charge is 0.338 e. The Labute approximate surface area is 307 Å². The highest BCUT2D eigenvalue weighted by Crippen LogP contribution is 2.32. The third-order valence-corrected chi connectivity index (χ3v) is 7.97. The minimum atomic E-state index is -1.51. The Kier molecular flexibility index (Phi) is 15.1. The van der Waals surface area contributed by atoms with E-state index in [2.05, 4.69) is 0 Å². The molecule has 0 spiro atoms. The van der Waals surface area contributed by atoms with Crippen molar-refractivity contribution in [3.63, 3.8) is 0 Å². The first kappa shape index (κ1) is 38.8. The van der Waals surface area contributed by atoms with Crippen LogP contribution in [0.5, 0.6) is 0 Å². The summed E-state index contributed by atoms with van der Waals surface area (Å²) < 4.78 is 47.3. The summed E-state index contributed by atoms with van der Waals surface area (Å²) in [5, 5.41) is 0. The molecule has 2 unspecified atom stereocenters. The van der Waals surface area contributed by atoms with E-state index in [9.17, 15) is 19.2 Å². The summed E-state index contributed by atoms with van der Waals surface area (Å²) in [4.78, 5) is 53.9. The zero-order valence-corrected chi connectivity index (χ0v) is 29.3. The van der Waals surface area contributed by atoms with Gasteiger partial charge in [0.05, 0.1) is 48.7 Å². The van der Waals surface area contributed by atoms with E-state index in [1.54, 1.807) is 121 Å². The van der Waals surface area contributed by atoms with Crippen LogP contribution in [0.1, 0.15) is 54.8 Å². The van der Waals surface area contributed by atoms with Gasteiger partial charge in [0, 0.05) is 6.61 Å². The third-order valence-electron chi connectivity index (χ3n) is 7.97. The summed E-state index contributed by atoms with van der Waals surface area (Å²) in [5.41, 5.74) is 0.850. The summed E-state index contributed by atoms with van der Waals surface area (Å²) in [6.07, 6.45) is -6.22. The van der Waals surface area contributed by atoms with E-state index in [4.69, 9.17) is 37.9 Å². The number of benzene rings is 4. The standard InChI is InChI=1S/C41H42O12/c1-2-23-46-24-25-47-26-27-48-41-36(53-40(45)32-21-13-6-14-22-32)35(52-39(44)31-19-11-5-12-20-31)34(51-38(43)30-17-9-4-10-18-30)33(50-41)28-49-37(42)29-15-7-3-8-16-29/h3-22,33-36,41H,2,23-28H2,1H3/t33?,34-,35?,36-,41+/m1/s1. The number of esters is 4. The zero-order chi connectivity index (χ0) is 37.3. The summed E-state index contributed by atoms with van der Waals surface area (Å²) in [5.74, 6) is -3.03. The van der Waals surface area contributed by atoms with Crippen LogP contribution in [0.3, 0.4) is 0 Å². The largest absolute Gasteiger partial charge is 0.459 e. The molecule has 0 aliphatic carbocycles. The molecule has 12 heteroatoms. The molecule has 0 amide bonds. The van der Waals surface area contributed by atoms with Crippen molar-refractivity contribution in [2.75, 3.05) is 39.6 Å². The zero-order valence-electron chi connectivity index (χ0n) is 29.3. The SMILES string of the molecule is CCCOCCOCCO[C@H]1OC(COC(=O)c2ccccc2)[C@@H](OC(=O)c2ccccc2)C(OC(=O)c2ccccc2)[C@H]1OC(=O)c1ccccc1. The van der Waals surface area contributed by atoms with Gasteiger partial charge in [-0.15, -0.1) is 0 Å². The molecule has 0 aromatic heterocycles. The highest BCUT2D eigenvalue weighted by atomic mass is 16.7. The Morgan fingerprint density at radius 1 is 0.491 bits per heavy atom. The van der Waals surface area contributed by atoms with Gasteiger partial charge in [-0.25, -0.2) is 19.2 Å².